The average Bonchev–Trinajstić information content (AvgIpc) is 2.70. The van der Waals surface area contributed by atoms with E-state index in [9.17, 15) is 0 Å². The molecule has 3 heteroatoms. The fourth-order valence-electron chi connectivity index (χ4n) is 2.23. The van der Waals surface area contributed by atoms with Gasteiger partial charge in [0.2, 0.25) is 0 Å². The van der Waals surface area contributed by atoms with Crippen LogP contribution in [0, 0.1) is 12.8 Å². The molecule has 1 fully saturated rings. The van der Waals surface area contributed by atoms with Gasteiger partial charge >= 0.3 is 0 Å². The maximum Gasteiger partial charge on any atom is 0.0471 e. The van der Waals surface area contributed by atoms with Crippen LogP contribution in [0.15, 0.2) is 18.2 Å². The molecule has 1 aliphatic heterocycles. The molecule has 16 heavy (non-hydrogen) atoms. The highest BCUT2D eigenvalue weighted by molar-refractivity contribution is 6.31. The third kappa shape index (κ3) is 2.76. The summed E-state index contributed by atoms with van der Waals surface area (Å²) in [4.78, 5) is 2.36. The quantitative estimate of drug-likeness (QED) is 0.876. The first-order valence-corrected chi connectivity index (χ1v) is 6.15. The maximum absolute atomic E-state index is 9.09. The predicted molar refractivity (Wildman–Crippen MR) is 66.7 cm³/mol. The van der Waals surface area contributed by atoms with Gasteiger partial charge in [-0.3, -0.25) is 4.90 Å². The average molecular weight is 240 g/mol. The Morgan fingerprint density at radius 3 is 2.94 bits per heavy atom. The molecule has 0 amide bonds. The second-order valence-electron chi connectivity index (χ2n) is 4.67. The van der Waals surface area contributed by atoms with Crippen molar-refractivity contribution < 1.29 is 5.11 Å². The molecule has 88 valence electrons. The Labute approximate surface area is 102 Å². The molecule has 0 saturated carbocycles. The minimum Gasteiger partial charge on any atom is -0.396 e. The molecule has 0 aliphatic carbocycles. The van der Waals surface area contributed by atoms with E-state index in [0.29, 0.717) is 12.5 Å². The number of hydrogen-bond acceptors (Lipinski definition) is 2. The molecule has 1 N–H and O–H groups in total. The number of halogens is 1. The molecule has 1 heterocycles. The van der Waals surface area contributed by atoms with Crippen molar-refractivity contribution in [2.75, 3.05) is 19.7 Å². The smallest absolute Gasteiger partial charge is 0.0471 e. The fourth-order valence-corrected chi connectivity index (χ4v) is 2.52. The van der Waals surface area contributed by atoms with Crippen LogP contribution in [0.1, 0.15) is 17.5 Å². The third-order valence-electron chi connectivity index (χ3n) is 3.23. The minimum atomic E-state index is 0.304. The minimum absolute atomic E-state index is 0.304. The van der Waals surface area contributed by atoms with Crippen LogP contribution in [0.4, 0.5) is 0 Å². The van der Waals surface area contributed by atoms with Crippen molar-refractivity contribution in [1.29, 1.82) is 0 Å². The molecule has 0 aromatic heterocycles. The molecule has 1 saturated heterocycles. The van der Waals surface area contributed by atoms with Gasteiger partial charge in [-0.1, -0.05) is 23.7 Å². The Morgan fingerprint density at radius 1 is 1.50 bits per heavy atom. The standard InChI is InChI=1S/C13H18ClNO/c1-10-2-3-12(13(14)6-10)8-15-5-4-11(7-15)9-16/h2-3,6,11,16H,4-5,7-9H2,1H3/t11-/m1/s1. The second kappa shape index (κ2) is 5.17. The zero-order chi connectivity index (χ0) is 11.5. The largest absolute Gasteiger partial charge is 0.396 e. The lowest BCUT2D eigenvalue weighted by molar-refractivity contribution is 0.220. The van der Waals surface area contributed by atoms with E-state index in [-0.39, 0.29) is 0 Å². The monoisotopic (exact) mass is 239 g/mol. The Kier molecular flexibility index (Phi) is 3.85. The van der Waals surface area contributed by atoms with Crippen LogP contribution in [0.5, 0.6) is 0 Å². The van der Waals surface area contributed by atoms with Crippen molar-refractivity contribution in [2.24, 2.45) is 5.92 Å². The molecule has 0 bridgehead atoms. The highest BCUT2D eigenvalue weighted by Gasteiger charge is 2.21. The fraction of sp³-hybridized carbons (Fsp3) is 0.538. The predicted octanol–water partition coefficient (Wildman–Crippen LogP) is 2.46. The lowest BCUT2D eigenvalue weighted by Gasteiger charge is -2.16. The molecular formula is C13H18ClNO. The number of rotatable bonds is 3. The first kappa shape index (κ1) is 11.9. The van der Waals surface area contributed by atoms with Crippen molar-refractivity contribution in [3.05, 3.63) is 34.3 Å². The van der Waals surface area contributed by atoms with E-state index in [2.05, 4.69) is 17.0 Å². The molecule has 0 spiro atoms. The molecular weight excluding hydrogens is 222 g/mol. The van der Waals surface area contributed by atoms with Gasteiger partial charge < -0.3 is 5.11 Å². The van der Waals surface area contributed by atoms with E-state index in [0.717, 1.165) is 31.1 Å². The maximum atomic E-state index is 9.09. The van der Waals surface area contributed by atoms with E-state index in [1.807, 2.05) is 13.0 Å². The number of aliphatic hydroxyl groups is 1. The molecule has 1 aliphatic rings. The van der Waals surface area contributed by atoms with Crippen LogP contribution in [-0.4, -0.2) is 29.7 Å². The summed E-state index contributed by atoms with van der Waals surface area (Å²) in [5.41, 5.74) is 2.38. The van der Waals surface area contributed by atoms with Gasteiger partial charge in [-0.05, 0) is 43.0 Å². The number of hydrogen-bond donors (Lipinski definition) is 1. The Morgan fingerprint density at radius 2 is 2.31 bits per heavy atom. The molecule has 1 atom stereocenters. The van der Waals surface area contributed by atoms with Gasteiger partial charge in [0.25, 0.3) is 0 Å². The van der Waals surface area contributed by atoms with Crippen molar-refractivity contribution in [2.45, 2.75) is 19.9 Å². The lowest BCUT2D eigenvalue weighted by Crippen LogP contribution is -2.21. The molecule has 1 aromatic rings. The zero-order valence-corrected chi connectivity index (χ0v) is 10.4. The van der Waals surface area contributed by atoms with Gasteiger partial charge in [-0.15, -0.1) is 0 Å². The summed E-state index contributed by atoms with van der Waals surface area (Å²) in [6.45, 7) is 5.30. The lowest BCUT2D eigenvalue weighted by atomic mass is 10.1. The van der Waals surface area contributed by atoms with Crippen LogP contribution < -0.4 is 0 Å². The number of aryl methyl sites for hydroxylation is 1. The summed E-state index contributed by atoms with van der Waals surface area (Å²) in [6, 6.07) is 6.21. The number of nitrogens with zero attached hydrogens (tertiary/aromatic N) is 1. The SMILES string of the molecule is Cc1ccc(CN2CC[C@@H](CO)C2)c(Cl)c1. The van der Waals surface area contributed by atoms with E-state index in [1.54, 1.807) is 0 Å². The summed E-state index contributed by atoms with van der Waals surface area (Å²) in [6.07, 6.45) is 1.10. The second-order valence-corrected chi connectivity index (χ2v) is 5.07. The number of likely N-dealkylation sites (tertiary alicyclic amines) is 1. The van der Waals surface area contributed by atoms with Crippen LogP contribution in [0.2, 0.25) is 5.02 Å². The first-order chi connectivity index (χ1) is 7.69. The van der Waals surface area contributed by atoms with Crippen molar-refractivity contribution in [3.8, 4) is 0 Å². The normalized spacial score (nSPS) is 21.6. The Balaban J connectivity index is 1.99. The Bertz CT molecular complexity index is 367. The molecule has 2 rings (SSSR count). The molecule has 2 nitrogen and oxygen atoms in total. The highest BCUT2D eigenvalue weighted by atomic mass is 35.5. The van der Waals surface area contributed by atoms with E-state index in [4.69, 9.17) is 16.7 Å². The van der Waals surface area contributed by atoms with Crippen molar-refractivity contribution >= 4 is 11.6 Å². The zero-order valence-electron chi connectivity index (χ0n) is 9.62. The number of aliphatic hydroxyl groups excluding tert-OH is 1. The van der Waals surface area contributed by atoms with Crippen molar-refractivity contribution in [3.63, 3.8) is 0 Å². The Hall–Kier alpha value is -0.570. The molecule has 0 unspecified atom stereocenters. The van der Waals surface area contributed by atoms with Crippen LogP contribution in [-0.2, 0) is 6.54 Å². The van der Waals surface area contributed by atoms with Gasteiger partial charge in [0.1, 0.15) is 0 Å². The van der Waals surface area contributed by atoms with E-state index >= 15 is 0 Å². The number of benzene rings is 1. The molecule has 1 aromatic carbocycles. The van der Waals surface area contributed by atoms with Gasteiger partial charge in [0, 0.05) is 24.7 Å². The summed E-state index contributed by atoms with van der Waals surface area (Å²) < 4.78 is 0. The highest BCUT2D eigenvalue weighted by Crippen LogP contribution is 2.23. The first-order valence-electron chi connectivity index (χ1n) is 5.77. The van der Waals surface area contributed by atoms with E-state index < -0.39 is 0 Å². The summed E-state index contributed by atoms with van der Waals surface area (Å²) >= 11 is 6.20. The third-order valence-corrected chi connectivity index (χ3v) is 3.58. The van der Waals surface area contributed by atoms with Gasteiger partial charge in [-0.25, -0.2) is 0 Å². The topological polar surface area (TPSA) is 23.5 Å². The van der Waals surface area contributed by atoms with Crippen LogP contribution >= 0.6 is 11.6 Å². The van der Waals surface area contributed by atoms with Crippen LogP contribution in [0.25, 0.3) is 0 Å². The van der Waals surface area contributed by atoms with Crippen LogP contribution in [0.3, 0.4) is 0 Å². The van der Waals surface area contributed by atoms with Gasteiger partial charge in [-0.2, -0.15) is 0 Å². The van der Waals surface area contributed by atoms with Gasteiger partial charge in [0.05, 0.1) is 0 Å². The molecule has 0 radical (unpaired) electrons. The summed E-state index contributed by atoms with van der Waals surface area (Å²) in [5, 5.41) is 9.94. The van der Waals surface area contributed by atoms with Crippen molar-refractivity contribution in [1.82, 2.24) is 4.90 Å². The van der Waals surface area contributed by atoms with Gasteiger partial charge in [0.15, 0.2) is 0 Å². The summed E-state index contributed by atoms with van der Waals surface area (Å²) in [5.74, 6) is 0.448. The summed E-state index contributed by atoms with van der Waals surface area (Å²) in [7, 11) is 0. The van der Waals surface area contributed by atoms with E-state index in [1.165, 1.54) is 11.1 Å².